The van der Waals surface area contributed by atoms with Gasteiger partial charge in [0.15, 0.2) is 5.54 Å². The Morgan fingerprint density at radius 1 is 1.63 bits per heavy atom. The number of urea groups is 1. The lowest BCUT2D eigenvalue weighted by Gasteiger charge is -2.23. The van der Waals surface area contributed by atoms with E-state index in [2.05, 4.69) is 15.6 Å². The number of thiazole rings is 1. The van der Waals surface area contributed by atoms with Gasteiger partial charge in [-0.2, -0.15) is 0 Å². The van der Waals surface area contributed by atoms with Crippen molar-refractivity contribution in [1.82, 2.24) is 15.6 Å². The van der Waals surface area contributed by atoms with Gasteiger partial charge >= 0.3 is 12.0 Å². The molecule has 2 amide bonds. The van der Waals surface area contributed by atoms with E-state index >= 15 is 0 Å². The first kappa shape index (κ1) is 13.8. The molecule has 104 valence electrons. The third-order valence-electron chi connectivity index (χ3n) is 2.88. The quantitative estimate of drug-likeness (QED) is 0.747. The molecule has 1 aromatic heterocycles. The van der Waals surface area contributed by atoms with Crippen LogP contribution in [0.4, 0.5) is 4.79 Å². The molecule has 2 rings (SSSR count). The first-order valence-corrected chi connectivity index (χ1v) is 6.62. The molecule has 0 spiro atoms. The molecule has 1 saturated heterocycles. The zero-order valence-corrected chi connectivity index (χ0v) is 11.2. The average molecular weight is 285 g/mol. The molecule has 1 unspecified atom stereocenters. The highest BCUT2D eigenvalue weighted by atomic mass is 32.1. The number of nitrogens with one attached hydrogen (secondary N) is 2. The second kappa shape index (κ2) is 5.54. The Morgan fingerprint density at radius 3 is 2.95 bits per heavy atom. The number of carbonyl (C=O) groups is 2. The Morgan fingerprint density at radius 2 is 2.42 bits per heavy atom. The van der Waals surface area contributed by atoms with Crippen molar-refractivity contribution in [3.05, 3.63) is 16.1 Å². The van der Waals surface area contributed by atoms with E-state index < -0.39 is 17.5 Å². The maximum atomic E-state index is 11.7. The minimum Gasteiger partial charge on any atom is -0.479 e. The van der Waals surface area contributed by atoms with Gasteiger partial charge in [-0.25, -0.2) is 14.6 Å². The van der Waals surface area contributed by atoms with Crippen LogP contribution in [0.1, 0.15) is 16.3 Å². The van der Waals surface area contributed by atoms with Crippen LogP contribution >= 0.6 is 11.3 Å². The number of aliphatic carboxylic acids is 1. The fourth-order valence-electron chi connectivity index (χ4n) is 1.80. The molecule has 0 saturated carbocycles. The normalized spacial score (nSPS) is 22.2. The van der Waals surface area contributed by atoms with Crippen molar-refractivity contribution < 1.29 is 19.4 Å². The summed E-state index contributed by atoms with van der Waals surface area (Å²) in [6.45, 7) is 2.54. The van der Waals surface area contributed by atoms with Gasteiger partial charge in [-0.15, -0.1) is 11.3 Å². The lowest BCUT2D eigenvalue weighted by Crippen LogP contribution is -2.57. The summed E-state index contributed by atoms with van der Waals surface area (Å²) >= 11 is 1.48. The van der Waals surface area contributed by atoms with Crippen molar-refractivity contribution in [3.63, 3.8) is 0 Å². The number of aromatic nitrogens is 1. The summed E-state index contributed by atoms with van der Waals surface area (Å²) in [5.41, 5.74) is -1.31. The van der Waals surface area contributed by atoms with Crippen LogP contribution in [0.5, 0.6) is 0 Å². The van der Waals surface area contributed by atoms with Crippen LogP contribution in [0.25, 0.3) is 0 Å². The number of nitrogens with zero attached hydrogens (tertiary/aromatic N) is 1. The van der Waals surface area contributed by atoms with E-state index in [9.17, 15) is 14.7 Å². The summed E-state index contributed by atoms with van der Waals surface area (Å²) < 4.78 is 5.06. The van der Waals surface area contributed by atoms with Crippen LogP contribution in [-0.4, -0.2) is 40.8 Å². The fourth-order valence-corrected chi connectivity index (χ4v) is 2.54. The molecular weight excluding hydrogens is 270 g/mol. The molecule has 1 atom stereocenters. The predicted octanol–water partition coefficient (Wildman–Crippen LogP) is 0.494. The first-order valence-electron chi connectivity index (χ1n) is 5.80. The Balaban J connectivity index is 1.88. The number of aryl methyl sites for hydroxylation is 1. The molecule has 1 aliphatic rings. The summed E-state index contributed by atoms with van der Waals surface area (Å²) in [5, 5.41) is 15.2. The van der Waals surface area contributed by atoms with E-state index in [4.69, 9.17) is 4.74 Å². The zero-order chi connectivity index (χ0) is 13.9. The SMILES string of the molecule is Cc1ncc(CNC(=O)NC2(C(=O)O)CCOC2)s1. The van der Waals surface area contributed by atoms with E-state index in [-0.39, 0.29) is 13.0 Å². The van der Waals surface area contributed by atoms with Gasteiger partial charge in [-0.3, -0.25) is 0 Å². The standard InChI is InChI=1S/C11H15N3O4S/c1-7-12-4-8(19-7)5-13-10(17)14-11(9(15)16)2-3-18-6-11/h4H,2-3,5-6H2,1H3,(H,15,16)(H2,13,14,17). The third kappa shape index (κ3) is 3.21. The highest BCUT2D eigenvalue weighted by molar-refractivity contribution is 7.11. The molecule has 2 heterocycles. The van der Waals surface area contributed by atoms with Crippen LogP contribution < -0.4 is 10.6 Å². The molecular formula is C11H15N3O4S. The number of hydrogen-bond donors (Lipinski definition) is 3. The second-order valence-corrected chi connectivity index (χ2v) is 5.66. The van der Waals surface area contributed by atoms with E-state index in [0.717, 1.165) is 9.88 Å². The minimum absolute atomic E-state index is 0.00454. The Hall–Kier alpha value is -1.67. The number of carbonyl (C=O) groups excluding carboxylic acids is 1. The molecule has 3 N–H and O–H groups in total. The van der Waals surface area contributed by atoms with Gasteiger partial charge in [0.05, 0.1) is 18.2 Å². The fraction of sp³-hybridized carbons (Fsp3) is 0.545. The van der Waals surface area contributed by atoms with Crippen molar-refractivity contribution in [3.8, 4) is 0 Å². The van der Waals surface area contributed by atoms with Gasteiger partial charge in [-0.1, -0.05) is 0 Å². The molecule has 1 fully saturated rings. The Bertz CT molecular complexity index is 482. The van der Waals surface area contributed by atoms with Gasteiger partial charge in [0.1, 0.15) is 0 Å². The van der Waals surface area contributed by atoms with Crippen molar-refractivity contribution in [2.75, 3.05) is 13.2 Å². The van der Waals surface area contributed by atoms with Gasteiger partial charge < -0.3 is 20.5 Å². The Labute approximate surface area is 114 Å². The monoisotopic (exact) mass is 285 g/mol. The molecule has 0 aliphatic carbocycles. The number of hydrogen-bond acceptors (Lipinski definition) is 5. The topological polar surface area (TPSA) is 101 Å². The molecule has 0 bridgehead atoms. The Kier molecular flexibility index (Phi) is 4.01. The summed E-state index contributed by atoms with van der Waals surface area (Å²) in [7, 11) is 0. The lowest BCUT2D eigenvalue weighted by molar-refractivity contribution is -0.144. The summed E-state index contributed by atoms with van der Waals surface area (Å²) in [4.78, 5) is 27.9. The summed E-state index contributed by atoms with van der Waals surface area (Å²) in [6, 6.07) is -0.515. The number of amides is 2. The maximum absolute atomic E-state index is 11.7. The van der Waals surface area contributed by atoms with Crippen molar-refractivity contribution in [2.45, 2.75) is 25.4 Å². The van der Waals surface area contributed by atoms with E-state index in [0.29, 0.717) is 13.2 Å². The molecule has 0 radical (unpaired) electrons. The lowest BCUT2D eigenvalue weighted by atomic mass is 9.99. The van der Waals surface area contributed by atoms with Crippen LogP contribution in [-0.2, 0) is 16.1 Å². The van der Waals surface area contributed by atoms with Crippen molar-refractivity contribution >= 4 is 23.3 Å². The van der Waals surface area contributed by atoms with Gasteiger partial charge in [0, 0.05) is 24.1 Å². The van der Waals surface area contributed by atoms with E-state index in [1.165, 1.54) is 11.3 Å². The molecule has 1 aliphatic heterocycles. The number of ether oxygens (including phenoxy) is 1. The largest absolute Gasteiger partial charge is 0.479 e. The smallest absolute Gasteiger partial charge is 0.332 e. The zero-order valence-electron chi connectivity index (χ0n) is 10.4. The number of carboxylic acids is 1. The van der Waals surface area contributed by atoms with E-state index in [1.54, 1.807) is 6.20 Å². The summed E-state index contributed by atoms with van der Waals surface area (Å²) in [6.07, 6.45) is 1.96. The second-order valence-electron chi connectivity index (χ2n) is 4.34. The average Bonchev–Trinajstić information content (AvgIpc) is 2.97. The highest BCUT2D eigenvalue weighted by Gasteiger charge is 2.43. The van der Waals surface area contributed by atoms with Gasteiger partial charge in [-0.05, 0) is 6.92 Å². The maximum Gasteiger partial charge on any atom is 0.332 e. The van der Waals surface area contributed by atoms with Crippen molar-refractivity contribution in [1.29, 1.82) is 0 Å². The first-order chi connectivity index (χ1) is 9.02. The van der Waals surface area contributed by atoms with E-state index in [1.807, 2.05) is 6.92 Å². The van der Waals surface area contributed by atoms with Crippen LogP contribution in [0.3, 0.4) is 0 Å². The molecule has 19 heavy (non-hydrogen) atoms. The predicted molar refractivity (Wildman–Crippen MR) is 68.0 cm³/mol. The van der Waals surface area contributed by atoms with Crippen LogP contribution in [0.2, 0.25) is 0 Å². The number of rotatable bonds is 4. The number of carboxylic acid groups (broad SMARTS) is 1. The highest BCUT2D eigenvalue weighted by Crippen LogP contribution is 2.19. The molecule has 8 heteroatoms. The van der Waals surface area contributed by atoms with Crippen LogP contribution in [0, 0.1) is 6.92 Å². The third-order valence-corrected chi connectivity index (χ3v) is 3.79. The summed E-state index contributed by atoms with van der Waals surface area (Å²) in [5.74, 6) is -1.08. The van der Waals surface area contributed by atoms with Crippen molar-refractivity contribution in [2.24, 2.45) is 0 Å². The van der Waals surface area contributed by atoms with Gasteiger partial charge in [0.25, 0.3) is 0 Å². The minimum atomic E-state index is -1.31. The molecule has 1 aromatic rings. The molecule has 7 nitrogen and oxygen atoms in total. The van der Waals surface area contributed by atoms with Crippen LogP contribution in [0.15, 0.2) is 6.20 Å². The molecule has 0 aromatic carbocycles. The van der Waals surface area contributed by atoms with Gasteiger partial charge in [0.2, 0.25) is 0 Å².